The number of oxime groups is 1. The van der Waals surface area contributed by atoms with E-state index in [4.69, 9.17) is 0 Å². The van der Waals surface area contributed by atoms with E-state index >= 15 is 8.78 Å². The van der Waals surface area contributed by atoms with Crippen molar-refractivity contribution in [2.24, 2.45) is 5.16 Å². The Kier molecular flexibility index (Phi) is 9.70. The van der Waals surface area contributed by atoms with Gasteiger partial charge in [-0.15, -0.1) is 11.3 Å². The fraction of sp³-hybridized carbons (Fsp3) is 0.435. The first-order valence-electron chi connectivity index (χ1n) is 11.9. The molecule has 0 spiro atoms. The first-order valence-corrected chi connectivity index (χ1v) is 14.1. The maximum atomic E-state index is 15.2. The van der Waals surface area contributed by atoms with Crippen molar-refractivity contribution < 1.29 is 105 Å². The minimum absolute atomic E-state index is 0.0190. The zero-order chi connectivity index (χ0) is 39.1. The second kappa shape index (κ2) is 11.8. The molecule has 1 heterocycles. The van der Waals surface area contributed by atoms with Gasteiger partial charge in [-0.1, -0.05) is 35.5 Å². The van der Waals surface area contributed by atoms with Crippen LogP contribution in [0.3, 0.4) is 0 Å². The summed E-state index contributed by atoms with van der Waals surface area (Å²) in [5.74, 6) is -56.1. The van der Waals surface area contributed by atoms with Gasteiger partial charge in [0, 0.05) is 25.7 Å². The van der Waals surface area contributed by atoms with E-state index in [1.807, 2.05) is 0 Å². The number of benzene rings is 2. The van der Waals surface area contributed by atoms with Crippen molar-refractivity contribution in [3.05, 3.63) is 48.0 Å². The Balaban J connectivity index is 2.34. The Bertz CT molecular complexity index is 1900. The topological polar surface area (TPSA) is 55.7 Å². The van der Waals surface area contributed by atoms with Crippen LogP contribution < -0.4 is 0 Å². The molecule has 0 radical (unpaired) electrons. The van der Waals surface area contributed by atoms with Gasteiger partial charge in [0.2, 0.25) is 0 Å². The summed E-state index contributed by atoms with van der Waals surface area (Å²) in [6.45, 7) is 0. The quantitative estimate of drug-likeness (QED) is 0.104. The molecule has 0 atom stereocenters. The third-order valence-electron chi connectivity index (χ3n) is 6.48. The number of alkyl halides is 21. The Labute approximate surface area is 265 Å². The summed E-state index contributed by atoms with van der Waals surface area (Å²) in [6, 6.07) is 5.80. The highest BCUT2D eigenvalue weighted by molar-refractivity contribution is 7.87. The Morgan fingerprint density at radius 2 is 1.12 bits per heavy atom. The maximum Gasteiger partial charge on any atom is 0.460 e. The van der Waals surface area contributed by atoms with Crippen LogP contribution in [0.1, 0.15) is 5.56 Å². The summed E-state index contributed by atoms with van der Waals surface area (Å²) >= 11 is 0.458. The van der Waals surface area contributed by atoms with E-state index in [0.717, 1.165) is 0 Å². The molecule has 0 aliphatic heterocycles. The lowest BCUT2D eigenvalue weighted by Crippen LogP contribution is -2.70. The van der Waals surface area contributed by atoms with Gasteiger partial charge in [-0.2, -0.15) is 91.8 Å². The summed E-state index contributed by atoms with van der Waals surface area (Å²) in [7, 11) is -8.41. The van der Waals surface area contributed by atoms with Gasteiger partial charge in [-0.25, -0.2) is 8.78 Å². The minimum atomic E-state index is -8.41. The number of halogens is 21. The smallest absolute Gasteiger partial charge is 0.263 e. The van der Waals surface area contributed by atoms with Crippen LogP contribution in [0.5, 0.6) is 0 Å². The van der Waals surface area contributed by atoms with Crippen LogP contribution in [-0.4, -0.2) is 73.4 Å². The predicted molar refractivity (Wildman–Crippen MR) is 128 cm³/mol. The zero-order valence-corrected chi connectivity index (χ0v) is 24.2. The highest BCUT2D eigenvalue weighted by atomic mass is 32.2. The molecular formula is C23H8F21NO3S2. The van der Waals surface area contributed by atoms with Gasteiger partial charge in [0.05, 0.1) is 0 Å². The molecule has 3 rings (SSSR count). The standard InChI is InChI=1S/C23H8F21NO3S2/c24-14(25)16(28,29)18(32,33)19(34,35)17(30,31)15(26,27)13(8-5-6-10-9-3-1-2-4-11(9)49-12(10)7-8)45-48-50(46,47)23(43,44)21(38,39)20(36,37)22(40,41)42/h1-7,14H/b45-13-. The van der Waals surface area contributed by atoms with Crippen LogP contribution in [-0.2, 0) is 14.4 Å². The van der Waals surface area contributed by atoms with Gasteiger partial charge in [0.1, 0.15) is 0 Å². The van der Waals surface area contributed by atoms with Crippen LogP contribution in [0.2, 0.25) is 0 Å². The van der Waals surface area contributed by atoms with Crippen molar-refractivity contribution in [3.63, 3.8) is 0 Å². The molecule has 1 aromatic heterocycles. The highest BCUT2D eigenvalue weighted by Gasteiger charge is 2.89. The lowest BCUT2D eigenvalue weighted by Gasteiger charge is -2.39. The van der Waals surface area contributed by atoms with E-state index in [9.17, 15) is 91.8 Å². The number of fused-ring (bicyclic) bond motifs is 3. The molecular weight excluding hydrogens is 801 g/mol. The largest absolute Gasteiger partial charge is 0.460 e. The Morgan fingerprint density at radius 3 is 1.62 bits per heavy atom. The minimum Gasteiger partial charge on any atom is -0.263 e. The SMILES string of the molecule is O=S(=O)(O/N=C(/c1ccc2c(c1)sc1ccccc12)C(F)(F)C(F)(F)C(F)(F)C(F)(F)C(F)(F)C(F)F)C(F)(F)C(F)(F)C(F)(F)C(F)(F)F. The van der Waals surface area contributed by atoms with E-state index in [1.54, 1.807) is 0 Å². The van der Waals surface area contributed by atoms with Gasteiger partial charge < -0.3 is 0 Å². The average Bonchev–Trinajstić information content (AvgIpc) is 3.33. The number of thiophene rings is 1. The molecule has 0 bridgehead atoms. The summed E-state index contributed by atoms with van der Waals surface area (Å²) in [4.78, 5) is 0. The number of rotatable bonds is 12. The van der Waals surface area contributed by atoms with E-state index in [0.29, 0.717) is 17.4 Å². The molecule has 0 aliphatic carbocycles. The molecule has 0 aliphatic rings. The lowest BCUT2D eigenvalue weighted by molar-refractivity contribution is -0.404. The lowest BCUT2D eigenvalue weighted by atomic mass is 9.90. The van der Waals surface area contributed by atoms with Crippen molar-refractivity contribution in [1.82, 2.24) is 0 Å². The third-order valence-corrected chi connectivity index (χ3v) is 8.77. The molecule has 50 heavy (non-hydrogen) atoms. The normalized spacial score (nSPS) is 15.8. The Hall–Kier alpha value is -3.39. The number of hydrogen-bond donors (Lipinski definition) is 0. The van der Waals surface area contributed by atoms with Gasteiger partial charge in [0.25, 0.3) is 0 Å². The molecule has 0 saturated carbocycles. The second-order valence-corrected chi connectivity index (χ2v) is 12.3. The fourth-order valence-electron chi connectivity index (χ4n) is 3.70. The molecule has 3 aromatic rings. The predicted octanol–water partition coefficient (Wildman–Crippen LogP) is 9.97. The van der Waals surface area contributed by atoms with Crippen molar-refractivity contribution in [3.8, 4) is 0 Å². The third kappa shape index (κ3) is 5.64. The molecule has 27 heteroatoms. The van der Waals surface area contributed by atoms with Crippen molar-refractivity contribution in [2.45, 2.75) is 59.3 Å². The molecule has 282 valence electrons. The van der Waals surface area contributed by atoms with Gasteiger partial charge >= 0.3 is 69.4 Å². The molecule has 0 saturated heterocycles. The van der Waals surface area contributed by atoms with Crippen molar-refractivity contribution in [2.75, 3.05) is 0 Å². The van der Waals surface area contributed by atoms with Crippen LogP contribution in [0.4, 0.5) is 92.2 Å². The van der Waals surface area contributed by atoms with Crippen molar-refractivity contribution >= 4 is 47.3 Å². The zero-order valence-electron chi connectivity index (χ0n) is 22.5. The summed E-state index contributed by atoms with van der Waals surface area (Å²) in [5.41, 5.74) is -5.71. The van der Waals surface area contributed by atoms with E-state index in [1.165, 1.54) is 29.4 Å². The fourth-order valence-corrected chi connectivity index (χ4v) is 5.56. The van der Waals surface area contributed by atoms with Gasteiger partial charge in [0.15, 0.2) is 5.71 Å². The summed E-state index contributed by atoms with van der Waals surface area (Å²) in [5, 5.41) is -6.55. The van der Waals surface area contributed by atoms with Crippen molar-refractivity contribution in [1.29, 1.82) is 0 Å². The first kappa shape index (κ1) is 41.0. The van der Waals surface area contributed by atoms with Crippen LogP contribution >= 0.6 is 11.3 Å². The highest BCUT2D eigenvalue weighted by Crippen LogP contribution is 2.59. The molecule has 0 fully saturated rings. The monoisotopic (exact) mass is 809 g/mol. The van der Waals surface area contributed by atoms with Gasteiger partial charge in [-0.05, 0) is 12.1 Å². The Morgan fingerprint density at radius 1 is 0.620 bits per heavy atom. The van der Waals surface area contributed by atoms with E-state index in [-0.39, 0.29) is 27.6 Å². The summed E-state index contributed by atoms with van der Waals surface area (Å²) < 4.78 is 312. The van der Waals surface area contributed by atoms with Crippen LogP contribution in [0, 0.1) is 0 Å². The number of hydrogen-bond acceptors (Lipinski definition) is 5. The molecule has 0 N–H and O–H groups in total. The maximum absolute atomic E-state index is 15.2. The second-order valence-electron chi connectivity index (χ2n) is 9.66. The van der Waals surface area contributed by atoms with Crippen LogP contribution in [0.25, 0.3) is 20.2 Å². The average molecular weight is 809 g/mol. The van der Waals surface area contributed by atoms with E-state index < -0.39 is 85.4 Å². The summed E-state index contributed by atoms with van der Waals surface area (Å²) in [6.07, 6.45) is -13.7. The first-order chi connectivity index (χ1) is 22.1. The van der Waals surface area contributed by atoms with Crippen LogP contribution in [0.15, 0.2) is 47.6 Å². The molecule has 0 unspecified atom stereocenters. The molecule has 4 nitrogen and oxygen atoms in total. The van der Waals surface area contributed by atoms with Gasteiger partial charge in [-0.3, -0.25) is 4.28 Å². The number of nitrogens with zero attached hydrogens (tertiary/aromatic N) is 1. The van der Waals surface area contributed by atoms with E-state index in [2.05, 4.69) is 4.28 Å². The molecule has 2 aromatic carbocycles. The molecule has 0 amide bonds.